The highest BCUT2D eigenvalue weighted by Crippen LogP contribution is 2.48. The molecule has 0 unspecified atom stereocenters. The molecule has 54 heavy (non-hydrogen) atoms. The molecule has 2 heteroatoms. The number of fused-ring (bicyclic) bond motifs is 11. The van der Waals surface area contributed by atoms with Gasteiger partial charge in [0.05, 0.1) is 0 Å². The van der Waals surface area contributed by atoms with Crippen LogP contribution in [0, 0.1) is 0 Å². The summed E-state index contributed by atoms with van der Waals surface area (Å²) >= 11 is 1.89. The molecule has 252 valence electrons. The quantitative estimate of drug-likeness (QED) is 0.167. The highest BCUT2D eigenvalue weighted by atomic mass is 32.1. The minimum Gasteiger partial charge on any atom is -0.456 e. The second-order valence-corrected chi connectivity index (χ2v) is 15.7. The van der Waals surface area contributed by atoms with Crippen molar-refractivity contribution in [3.8, 4) is 11.1 Å². The van der Waals surface area contributed by atoms with Crippen LogP contribution in [-0.2, 0) is 0 Å². The van der Waals surface area contributed by atoms with E-state index in [9.17, 15) is 0 Å². The van der Waals surface area contributed by atoms with Crippen LogP contribution >= 0.6 is 11.3 Å². The van der Waals surface area contributed by atoms with Gasteiger partial charge in [-0.1, -0.05) is 140 Å². The lowest BCUT2D eigenvalue weighted by atomic mass is 9.81. The van der Waals surface area contributed by atoms with E-state index in [0.717, 1.165) is 29.4 Å². The van der Waals surface area contributed by atoms with Crippen molar-refractivity contribution in [1.82, 2.24) is 0 Å². The second-order valence-electron chi connectivity index (χ2n) is 14.6. The Morgan fingerprint density at radius 2 is 1.06 bits per heavy atom. The average Bonchev–Trinajstić information content (AvgIpc) is 3.80. The highest BCUT2D eigenvalue weighted by molar-refractivity contribution is 7.26. The molecule has 11 aromatic rings. The predicted molar refractivity (Wildman–Crippen MR) is 234 cm³/mol. The van der Waals surface area contributed by atoms with Crippen molar-refractivity contribution < 1.29 is 4.42 Å². The van der Waals surface area contributed by atoms with Gasteiger partial charge < -0.3 is 4.42 Å². The lowest BCUT2D eigenvalue weighted by Crippen LogP contribution is -1.98. The fourth-order valence-corrected chi connectivity index (χ4v) is 10.6. The molecule has 0 saturated heterocycles. The summed E-state index contributed by atoms with van der Waals surface area (Å²) in [5.74, 6) is 0. The molecule has 1 nitrogen and oxygen atoms in total. The maximum atomic E-state index is 6.47. The number of hydrogen-bond donors (Lipinski definition) is 0. The molecule has 0 aliphatic heterocycles. The van der Waals surface area contributed by atoms with Crippen molar-refractivity contribution in [2.24, 2.45) is 0 Å². The molecule has 9 aromatic carbocycles. The molecule has 0 bridgehead atoms. The molecule has 12 rings (SSSR count). The van der Waals surface area contributed by atoms with Gasteiger partial charge in [-0.15, -0.1) is 11.3 Å². The molecule has 2 aromatic heterocycles. The molecule has 0 radical (unpaired) electrons. The van der Waals surface area contributed by atoms with Crippen LogP contribution in [0.15, 0.2) is 174 Å². The molecule has 0 spiro atoms. The van der Waals surface area contributed by atoms with Gasteiger partial charge >= 0.3 is 0 Å². The molecular formula is C52H32OS. The van der Waals surface area contributed by atoms with Gasteiger partial charge in [-0.3, -0.25) is 0 Å². The lowest BCUT2D eigenvalue weighted by molar-refractivity contribution is 0.669. The van der Waals surface area contributed by atoms with Crippen LogP contribution < -0.4 is 0 Å². The van der Waals surface area contributed by atoms with E-state index < -0.39 is 0 Å². The fraction of sp³-hybridized carbons (Fsp3) is 0.0385. The van der Waals surface area contributed by atoms with Gasteiger partial charge in [0.25, 0.3) is 0 Å². The topological polar surface area (TPSA) is 13.1 Å². The van der Waals surface area contributed by atoms with Crippen LogP contribution in [0.25, 0.3) is 107 Å². The molecule has 0 amide bonds. The summed E-state index contributed by atoms with van der Waals surface area (Å²) in [5, 5.41) is 15.2. The predicted octanol–water partition coefficient (Wildman–Crippen LogP) is 15.5. The van der Waals surface area contributed by atoms with E-state index >= 15 is 0 Å². The summed E-state index contributed by atoms with van der Waals surface area (Å²) < 4.78 is 9.10. The minimum atomic E-state index is 0.932. The van der Waals surface area contributed by atoms with Gasteiger partial charge in [0.15, 0.2) is 0 Å². The Morgan fingerprint density at radius 1 is 0.426 bits per heavy atom. The Hall–Kier alpha value is -6.48. The van der Waals surface area contributed by atoms with Crippen molar-refractivity contribution in [3.63, 3.8) is 0 Å². The molecule has 0 atom stereocenters. The normalized spacial score (nSPS) is 13.6. The molecule has 0 saturated carbocycles. The zero-order valence-corrected chi connectivity index (χ0v) is 30.2. The first-order valence-corrected chi connectivity index (χ1v) is 19.6. The zero-order valence-electron chi connectivity index (χ0n) is 29.4. The van der Waals surface area contributed by atoms with Crippen LogP contribution in [0.5, 0.6) is 0 Å². The Kier molecular flexibility index (Phi) is 6.40. The minimum absolute atomic E-state index is 0.932. The maximum absolute atomic E-state index is 6.47. The van der Waals surface area contributed by atoms with Crippen molar-refractivity contribution in [3.05, 3.63) is 181 Å². The van der Waals surface area contributed by atoms with E-state index in [2.05, 4.69) is 170 Å². The number of para-hydroxylation sites is 1. The van der Waals surface area contributed by atoms with Gasteiger partial charge in [0.1, 0.15) is 11.2 Å². The largest absolute Gasteiger partial charge is 0.456 e. The summed E-state index contributed by atoms with van der Waals surface area (Å²) in [6, 6.07) is 58.0. The lowest BCUT2D eigenvalue weighted by Gasteiger charge is -2.22. The molecule has 1 aliphatic rings. The summed E-state index contributed by atoms with van der Waals surface area (Å²) in [6.45, 7) is 0. The number of hydrogen-bond acceptors (Lipinski definition) is 2. The first kappa shape index (κ1) is 30.0. The molecular weight excluding hydrogens is 673 g/mol. The highest BCUT2D eigenvalue weighted by Gasteiger charge is 2.22. The van der Waals surface area contributed by atoms with Gasteiger partial charge in [-0.2, -0.15) is 0 Å². The second kappa shape index (κ2) is 11.5. The number of furan rings is 1. The van der Waals surface area contributed by atoms with E-state index in [4.69, 9.17) is 4.42 Å². The Balaban J connectivity index is 1.14. The monoisotopic (exact) mass is 704 g/mol. The average molecular weight is 705 g/mol. The van der Waals surface area contributed by atoms with Gasteiger partial charge in [-0.25, -0.2) is 0 Å². The van der Waals surface area contributed by atoms with Gasteiger partial charge in [0, 0.05) is 36.3 Å². The molecule has 0 fully saturated rings. The van der Waals surface area contributed by atoms with E-state index in [1.54, 1.807) is 0 Å². The van der Waals surface area contributed by atoms with Crippen molar-refractivity contribution in [2.45, 2.75) is 12.8 Å². The Bertz CT molecular complexity index is 3380. The SMILES string of the molecule is C1=C(c2c3ccccc3c(-c3cccc4ccccc34)c3ccccc23)CCC=C1c1cc2c3ccccc3sc2c2cc3oc4ccccc4c3cc12. The summed E-state index contributed by atoms with van der Waals surface area (Å²) in [6.07, 6.45) is 6.94. The molecule has 2 heterocycles. The first-order valence-electron chi connectivity index (χ1n) is 18.8. The van der Waals surface area contributed by atoms with Crippen LogP contribution in [-0.4, -0.2) is 0 Å². The Labute approximate surface area is 315 Å². The summed E-state index contributed by atoms with van der Waals surface area (Å²) in [5.41, 5.74) is 9.79. The molecule has 1 aliphatic carbocycles. The third-order valence-electron chi connectivity index (χ3n) is 11.7. The van der Waals surface area contributed by atoms with Crippen LogP contribution in [0.3, 0.4) is 0 Å². The number of thiophene rings is 1. The van der Waals surface area contributed by atoms with E-state index in [0.29, 0.717) is 0 Å². The summed E-state index contributed by atoms with van der Waals surface area (Å²) in [7, 11) is 0. The smallest absolute Gasteiger partial charge is 0.136 e. The van der Waals surface area contributed by atoms with E-state index in [1.807, 2.05) is 11.3 Å². The Morgan fingerprint density at radius 3 is 1.85 bits per heavy atom. The summed E-state index contributed by atoms with van der Waals surface area (Å²) in [4.78, 5) is 0. The van der Waals surface area contributed by atoms with Crippen molar-refractivity contribution in [2.75, 3.05) is 0 Å². The maximum Gasteiger partial charge on any atom is 0.136 e. The van der Waals surface area contributed by atoms with Crippen molar-refractivity contribution >= 4 is 108 Å². The third kappa shape index (κ3) is 4.32. The van der Waals surface area contributed by atoms with Crippen LogP contribution in [0.4, 0.5) is 0 Å². The van der Waals surface area contributed by atoms with Gasteiger partial charge in [-0.05, 0) is 114 Å². The zero-order chi connectivity index (χ0) is 35.3. The van der Waals surface area contributed by atoms with Crippen molar-refractivity contribution in [1.29, 1.82) is 0 Å². The third-order valence-corrected chi connectivity index (χ3v) is 12.9. The number of allylic oxidation sites excluding steroid dienone is 4. The first-order chi connectivity index (χ1) is 26.8. The van der Waals surface area contributed by atoms with Gasteiger partial charge in [0.2, 0.25) is 0 Å². The number of rotatable bonds is 3. The van der Waals surface area contributed by atoms with E-state index in [1.165, 1.54) is 102 Å². The van der Waals surface area contributed by atoms with Crippen LogP contribution in [0.1, 0.15) is 24.0 Å². The molecule has 0 N–H and O–H groups in total. The van der Waals surface area contributed by atoms with E-state index in [-0.39, 0.29) is 0 Å². The van der Waals surface area contributed by atoms with Crippen LogP contribution in [0.2, 0.25) is 0 Å². The fourth-order valence-electron chi connectivity index (χ4n) is 9.35. The number of benzene rings is 9. The standard InChI is InChI=1S/C52H32OS/c1-2-17-34-31(13-1)14-12-24-37(34)51-40-22-5-3-20-38(40)50(39-21-4-6-23-41(39)51)33-16-11-15-32(27-33)42-28-45-36-19-8-10-26-49(36)54-52(45)46-30-48-44(29-43(42)46)35-18-7-9-25-47(35)53-48/h1-10,12-15,17-30H,11,16H2.